The fourth-order valence-corrected chi connectivity index (χ4v) is 4.64. The van der Waals surface area contributed by atoms with Crippen LogP contribution in [0.4, 0.5) is 0 Å². The third-order valence-electron chi connectivity index (χ3n) is 3.57. The van der Waals surface area contributed by atoms with E-state index in [1.165, 1.54) is 15.2 Å². The Morgan fingerprint density at radius 2 is 2.30 bits per heavy atom. The number of nitrogens with zero attached hydrogens (tertiary/aromatic N) is 3. The molecule has 1 aliphatic rings. The smallest absolute Gasteiger partial charge is 0.264 e. The molecule has 0 aliphatic carbocycles. The summed E-state index contributed by atoms with van der Waals surface area (Å²) >= 11 is 6.03. The summed E-state index contributed by atoms with van der Waals surface area (Å²) in [6, 6.07) is 3.60. The highest BCUT2D eigenvalue weighted by atomic mass is 35.5. The molecule has 1 saturated heterocycles. The highest BCUT2D eigenvalue weighted by molar-refractivity contribution is 7.89. The zero-order chi connectivity index (χ0) is 14.3. The van der Waals surface area contributed by atoms with Gasteiger partial charge in [0.15, 0.2) is 0 Å². The summed E-state index contributed by atoms with van der Waals surface area (Å²) in [6.45, 7) is 0.485. The second-order valence-corrected chi connectivity index (χ2v) is 7.01. The van der Waals surface area contributed by atoms with Crippen LogP contribution in [0.2, 0.25) is 5.15 Å². The van der Waals surface area contributed by atoms with Gasteiger partial charge in [-0.05, 0) is 25.0 Å². The maximum absolute atomic E-state index is 12.7. The minimum atomic E-state index is -3.67. The van der Waals surface area contributed by atoms with Crippen LogP contribution < -0.4 is 0 Å². The first-order valence-corrected chi connectivity index (χ1v) is 8.15. The summed E-state index contributed by atoms with van der Waals surface area (Å²) in [7, 11) is -2.01. The lowest BCUT2D eigenvalue weighted by molar-refractivity contribution is 0.390. The van der Waals surface area contributed by atoms with Crippen molar-refractivity contribution in [3.8, 4) is 0 Å². The van der Waals surface area contributed by atoms with Crippen LogP contribution in [0.15, 0.2) is 29.7 Å². The largest absolute Gasteiger partial charge is 0.364 e. The molecule has 1 unspecified atom stereocenters. The third-order valence-corrected chi connectivity index (χ3v) is 5.97. The number of aromatic nitrogens is 3. The summed E-state index contributed by atoms with van der Waals surface area (Å²) < 4.78 is 28.4. The summed E-state index contributed by atoms with van der Waals surface area (Å²) in [6.07, 6.45) is 4.83. The van der Waals surface area contributed by atoms with E-state index in [1.807, 2.05) is 12.1 Å². The lowest BCUT2D eigenvalue weighted by Crippen LogP contribution is -2.31. The van der Waals surface area contributed by atoms with Gasteiger partial charge in [-0.1, -0.05) is 11.6 Å². The van der Waals surface area contributed by atoms with Crippen LogP contribution in [-0.4, -0.2) is 33.8 Å². The Labute approximate surface area is 122 Å². The molecule has 1 N–H and O–H groups in total. The van der Waals surface area contributed by atoms with Gasteiger partial charge in [-0.3, -0.25) is 0 Å². The molecule has 6 nitrogen and oxygen atoms in total. The molecule has 3 heterocycles. The molecule has 3 rings (SSSR count). The molecule has 0 aromatic carbocycles. The first-order valence-electron chi connectivity index (χ1n) is 6.34. The van der Waals surface area contributed by atoms with E-state index in [-0.39, 0.29) is 16.2 Å². The van der Waals surface area contributed by atoms with Crippen molar-refractivity contribution in [2.45, 2.75) is 23.9 Å². The summed E-state index contributed by atoms with van der Waals surface area (Å²) in [5.74, 6) is 0. The number of aromatic amines is 1. The van der Waals surface area contributed by atoms with Gasteiger partial charge in [0.25, 0.3) is 10.0 Å². The monoisotopic (exact) mass is 314 g/mol. The molecule has 0 spiro atoms. The Morgan fingerprint density at radius 3 is 2.90 bits per heavy atom. The minimum Gasteiger partial charge on any atom is -0.364 e. The molecule has 0 bridgehead atoms. The van der Waals surface area contributed by atoms with Crippen molar-refractivity contribution in [3.05, 3.63) is 35.5 Å². The number of hydrogen-bond acceptors (Lipinski definition) is 3. The molecule has 1 aliphatic heterocycles. The van der Waals surface area contributed by atoms with Gasteiger partial charge in [0.1, 0.15) is 5.15 Å². The van der Waals surface area contributed by atoms with Gasteiger partial charge in [-0.15, -0.1) is 0 Å². The molecule has 2 aromatic heterocycles. The average molecular weight is 315 g/mol. The molecule has 0 amide bonds. The van der Waals surface area contributed by atoms with Gasteiger partial charge in [-0.2, -0.15) is 4.31 Å². The van der Waals surface area contributed by atoms with Gasteiger partial charge in [0.2, 0.25) is 5.03 Å². The minimum absolute atomic E-state index is 0.0693. The van der Waals surface area contributed by atoms with E-state index in [9.17, 15) is 8.42 Å². The van der Waals surface area contributed by atoms with Crippen LogP contribution in [0, 0.1) is 0 Å². The Kier molecular flexibility index (Phi) is 3.35. The van der Waals surface area contributed by atoms with Crippen LogP contribution in [0.25, 0.3) is 0 Å². The SMILES string of the molecule is Cn1cnc(S(=O)(=O)N2CCCC2c2ccc[nH]2)c1Cl. The average Bonchev–Trinajstić information content (AvgIpc) is 3.11. The number of aryl methyl sites for hydroxylation is 1. The quantitative estimate of drug-likeness (QED) is 0.941. The van der Waals surface area contributed by atoms with Crippen molar-refractivity contribution in [1.82, 2.24) is 18.8 Å². The zero-order valence-electron chi connectivity index (χ0n) is 11.0. The van der Waals surface area contributed by atoms with E-state index in [1.54, 1.807) is 13.2 Å². The predicted octanol–water partition coefficient (Wildman–Crippen LogP) is 1.93. The lowest BCUT2D eigenvalue weighted by atomic mass is 10.2. The first-order chi connectivity index (χ1) is 9.51. The second kappa shape index (κ2) is 4.91. The van der Waals surface area contributed by atoms with Gasteiger partial charge in [0.05, 0.1) is 12.4 Å². The van der Waals surface area contributed by atoms with E-state index >= 15 is 0 Å². The standard InChI is InChI=1S/C12H15ClN4O2S/c1-16-8-15-12(11(16)13)20(18,19)17-7-3-5-10(17)9-4-2-6-14-9/h2,4,6,8,10,14H,3,5,7H2,1H3. The van der Waals surface area contributed by atoms with E-state index in [0.717, 1.165) is 18.5 Å². The van der Waals surface area contributed by atoms with Crippen molar-refractivity contribution < 1.29 is 8.42 Å². The number of imidazole rings is 1. The summed E-state index contributed by atoms with van der Waals surface area (Å²) in [4.78, 5) is 7.03. The van der Waals surface area contributed by atoms with Gasteiger partial charge < -0.3 is 9.55 Å². The molecular weight excluding hydrogens is 300 g/mol. The third kappa shape index (κ3) is 2.06. The molecular formula is C12H15ClN4O2S. The van der Waals surface area contributed by atoms with Crippen LogP contribution >= 0.6 is 11.6 Å². The number of rotatable bonds is 3. The van der Waals surface area contributed by atoms with E-state index in [0.29, 0.717) is 6.54 Å². The van der Waals surface area contributed by atoms with E-state index in [4.69, 9.17) is 11.6 Å². The Balaban J connectivity index is 2.01. The van der Waals surface area contributed by atoms with E-state index in [2.05, 4.69) is 9.97 Å². The van der Waals surface area contributed by atoms with E-state index < -0.39 is 10.0 Å². The topological polar surface area (TPSA) is 71.0 Å². The van der Waals surface area contributed by atoms with Crippen LogP contribution in [0.3, 0.4) is 0 Å². The molecule has 1 fully saturated rings. The van der Waals surface area contributed by atoms with Crippen LogP contribution in [0.5, 0.6) is 0 Å². The number of halogens is 1. The first kappa shape index (κ1) is 13.7. The molecule has 1 atom stereocenters. The molecule has 2 aromatic rings. The molecule has 0 radical (unpaired) electrons. The number of nitrogens with one attached hydrogen (secondary N) is 1. The fourth-order valence-electron chi connectivity index (χ4n) is 2.57. The van der Waals surface area contributed by atoms with Crippen molar-refractivity contribution >= 4 is 21.6 Å². The van der Waals surface area contributed by atoms with Crippen molar-refractivity contribution in [3.63, 3.8) is 0 Å². The summed E-state index contributed by atoms with van der Waals surface area (Å²) in [5, 5.41) is 0.0715. The number of hydrogen-bond donors (Lipinski definition) is 1. The summed E-state index contributed by atoms with van der Waals surface area (Å²) in [5.41, 5.74) is 0.901. The number of sulfonamides is 1. The van der Waals surface area contributed by atoms with Gasteiger partial charge >= 0.3 is 0 Å². The Hall–Kier alpha value is -1.31. The molecule has 20 heavy (non-hydrogen) atoms. The normalized spacial score (nSPS) is 20.6. The van der Waals surface area contributed by atoms with Crippen molar-refractivity contribution in [2.24, 2.45) is 7.05 Å². The maximum Gasteiger partial charge on any atom is 0.264 e. The number of H-pyrrole nitrogens is 1. The van der Waals surface area contributed by atoms with Crippen LogP contribution in [0.1, 0.15) is 24.6 Å². The lowest BCUT2D eigenvalue weighted by Gasteiger charge is -2.22. The molecule has 0 saturated carbocycles. The Morgan fingerprint density at radius 1 is 1.50 bits per heavy atom. The van der Waals surface area contributed by atoms with Crippen LogP contribution in [-0.2, 0) is 17.1 Å². The fraction of sp³-hybridized carbons (Fsp3) is 0.417. The van der Waals surface area contributed by atoms with Gasteiger partial charge in [-0.25, -0.2) is 13.4 Å². The maximum atomic E-state index is 12.7. The molecule has 108 valence electrons. The van der Waals surface area contributed by atoms with Gasteiger partial charge in [0, 0.05) is 25.5 Å². The Bertz CT molecular complexity index is 708. The van der Waals surface area contributed by atoms with Crippen molar-refractivity contribution in [2.75, 3.05) is 6.54 Å². The zero-order valence-corrected chi connectivity index (χ0v) is 12.5. The predicted molar refractivity (Wildman–Crippen MR) is 74.9 cm³/mol. The van der Waals surface area contributed by atoms with Crippen molar-refractivity contribution in [1.29, 1.82) is 0 Å². The molecule has 8 heteroatoms. The highest BCUT2D eigenvalue weighted by Gasteiger charge is 2.39. The second-order valence-electron chi connectivity index (χ2n) is 4.85. The highest BCUT2D eigenvalue weighted by Crippen LogP contribution is 2.36.